The van der Waals surface area contributed by atoms with Crippen LogP contribution in [0, 0.1) is 5.92 Å². The molecule has 0 saturated carbocycles. The van der Waals surface area contributed by atoms with E-state index in [1.54, 1.807) is 0 Å². The Labute approximate surface area is 105 Å². The first-order valence-electron chi connectivity index (χ1n) is 5.64. The molecule has 7 nitrogen and oxygen atoms in total. The number of hydrogen-bond acceptors (Lipinski definition) is 4. The molecule has 1 aliphatic rings. The molecule has 2 rings (SSSR count). The summed E-state index contributed by atoms with van der Waals surface area (Å²) in [6, 6.07) is 0. The molecule has 0 aromatic carbocycles. The average Bonchev–Trinajstić information content (AvgIpc) is 2.86. The molecule has 0 radical (unpaired) electrons. The molecule has 0 spiro atoms. The number of nitrogens with zero attached hydrogens (tertiary/aromatic N) is 3. The maximum atomic E-state index is 12.2. The van der Waals surface area contributed by atoms with Crippen molar-refractivity contribution in [2.24, 2.45) is 5.92 Å². The standard InChI is InChI=1S/C10H15N3O4S/c1-8-2-3-13(5-8)18(16,17)9-4-11-12(6-9)7-10(14)15/h4,6,8H,2-3,5,7H2,1H3,(H,14,15). The van der Waals surface area contributed by atoms with Gasteiger partial charge in [-0.15, -0.1) is 0 Å². The zero-order chi connectivity index (χ0) is 13.3. The zero-order valence-electron chi connectivity index (χ0n) is 9.98. The van der Waals surface area contributed by atoms with E-state index in [1.165, 1.54) is 16.7 Å². The molecule has 1 aromatic heterocycles. The number of aromatic nitrogens is 2. The van der Waals surface area contributed by atoms with Crippen LogP contribution in [0.2, 0.25) is 0 Å². The molecule has 1 saturated heterocycles. The van der Waals surface area contributed by atoms with Gasteiger partial charge in [-0.1, -0.05) is 6.92 Å². The molecule has 1 aromatic rings. The Morgan fingerprint density at radius 3 is 2.89 bits per heavy atom. The van der Waals surface area contributed by atoms with Gasteiger partial charge in [-0.3, -0.25) is 9.48 Å². The second-order valence-electron chi connectivity index (χ2n) is 4.52. The highest BCUT2D eigenvalue weighted by atomic mass is 32.2. The Morgan fingerprint density at radius 2 is 2.33 bits per heavy atom. The summed E-state index contributed by atoms with van der Waals surface area (Å²) in [7, 11) is -3.53. The van der Waals surface area contributed by atoms with Gasteiger partial charge in [0, 0.05) is 19.3 Å². The minimum absolute atomic E-state index is 0.0536. The lowest BCUT2D eigenvalue weighted by atomic mass is 10.2. The van der Waals surface area contributed by atoms with Crippen LogP contribution in [0.15, 0.2) is 17.3 Å². The summed E-state index contributed by atoms with van der Waals surface area (Å²) in [5.74, 6) is -0.703. The van der Waals surface area contributed by atoms with Gasteiger partial charge in [0.2, 0.25) is 10.0 Å². The summed E-state index contributed by atoms with van der Waals surface area (Å²) >= 11 is 0. The Morgan fingerprint density at radius 1 is 1.61 bits per heavy atom. The molecule has 18 heavy (non-hydrogen) atoms. The summed E-state index contributed by atoms with van der Waals surface area (Å²) in [6.45, 7) is 2.68. The third-order valence-corrected chi connectivity index (χ3v) is 4.75. The fourth-order valence-corrected chi connectivity index (χ4v) is 3.49. The lowest BCUT2D eigenvalue weighted by Crippen LogP contribution is -2.28. The monoisotopic (exact) mass is 273 g/mol. The van der Waals surface area contributed by atoms with Crippen LogP contribution in [0.25, 0.3) is 0 Å². The largest absolute Gasteiger partial charge is 0.480 e. The zero-order valence-corrected chi connectivity index (χ0v) is 10.8. The van der Waals surface area contributed by atoms with Gasteiger partial charge < -0.3 is 5.11 Å². The molecule has 8 heteroatoms. The molecular weight excluding hydrogens is 258 g/mol. The summed E-state index contributed by atoms with van der Waals surface area (Å²) < 4.78 is 26.9. The minimum atomic E-state index is -3.53. The molecule has 0 bridgehead atoms. The van der Waals surface area contributed by atoms with E-state index in [1.807, 2.05) is 6.92 Å². The van der Waals surface area contributed by atoms with Crippen LogP contribution >= 0.6 is 0 Å². The first-order valence-corrected chi connectivity index (χ1v) is 7.08. The molecular formula is C10H15N3O4S. The average molecular weight is 273 g/mol. The van der Waals surface area contributed by atoms with Crippen LogP contribution in [-0.4, -0.2) is 46.7 Å². The lowest BCUT2D eigenvalue weighted by molar-refractivity contribution is -0.137. The van der Waals surface area contributed by atoms with Gasteiger partial charge in [0.25, 0.3) is 0 Å². The fraction of sp³-hybridized carbons (Fsp3) is 0.600. The van der Waals surface area contributed by atoms with Gasteiger partial charge in [0.05, 0.1) is 6.20 Å². The molecule has 1 N–H and O–H groups in total. The van der Waals surface area contributed by atoms with E-state index in [4.69, 9.17) is 5.11 Å². The van der Waals surface area contributed by atoms with Crippen molar-refractivity contribution in [3.63, 3.8) is 0 Å². The lowest BCUT2D eigenvalue weighted by Gasteiger charge is -2.14. The van der Waals surface area contributed by atoms with Crippen LogP contribution in [0.3, 0.4) is 0 Å². The van der Waals surface area contributed by atoms with E-state index in [0.717, 1.165) is 11.1 Å². The van der Waals surface area contributed by atoms with Crippen molar-refractivity contribution in [3.8, 4) is 0 Å². The van der Waals surface area contributed by atoms with Crippen molar-refractivity contribution in [2.75, 3.05) is 13.1 Å². The van der Waals surface area contributed by atoms with E-state index in [-0.39, 0.29) is 11.4 Å². The van der Waals surface area contributed by atoms with Crippen molar-refractivity contribution >= 4 is 16.0 Å². The summed E-state index contributed by atoms with van der Waals surface area (Å²) in [5.41, 5.74) is 0. The summed E-state index contributed by atoms with van der Waals surface area (Å²) in [6.07, 6.45) is 3.30. The van der Waals surface area contributed by atoms with Crippen LogP contribution in [0.1, 0.15) is 13.3 Å². The minimum Gasteiger partial charge on any atom is -0.480 e. The summed E-state index contributed by atoms with van der Waals surface area (Å²) in [5, 5.41) is 12.3. The first kappa shape index (κ1) is 13.0. The number of rotatable bonds is 4. The number of hydrogen-bond donors (Lipinski definition) is 1. The van der Waals surface area contributed by atoms with Crippen LogP contribution in [-0.2, 0) is 21.4 Å². The number of carboxylic acid groups (broad SMARTS) is 1. The van der Waals surface area contributed by atoms with E-state index < -0.39 is 16.0 Å². The summed E-state index contributed by atoms with van der Waals surface area (Å²) in [4.78, 5) is 10.6. The number of sulfonamides is 1. The van der Waals surface area contributed by atoms with Crippen LogP contribution < -0.4 is 0 Å². The van der Waals surface area contributed by atoms with Gasteiger partial charge >= 0.3 is 5.97 Å². The van der Waals surface area contributed by atoms with Crippen LogP contribution in [0.4, 0.5) is 0 Å². The second-order valence-corrected chi connectivity index (χ2v) is 6.46. The van der Waals surface area contributed by atoms with Gasteiger partial charge in [-0.05, 0) is 12.3 Å². The van der Waals surface area contributed by atoms with Crippen molar-refractivity contribution in [2.45, 2.75) is 24.8 Å². The smallest absolute Gasteiger partial charge is 0.325 e. The molecule has 0 amide bonds. The van der Waals surface area contributed by atoms with E-state index in [0.29, 0.717) is 19.0 Å². The maximum Gasteiger partial charge on any atom is 0.325 e. The normalized spacial score (nSPS) is 21.3. The van der Waals surface area contributed by atoms with Gasteiger partial charge in [0.15, 0.2) is 0 Å². The second kappa shape index (κ2) is 4.69. The van der Waals surface area contributed by atoms with Gasteiger partial charge in [-0.2, -0.15) is 9.40 Å². The highest BCUT2D eigenvalue weighted by Gasteiger charge is 2.31. The predicted octanol–water partition coefficient (Wildman–Crippen LogP) is -0.00180. The van der Waals surface area contributed by atoms with Crippen LogP contribution in [0.5, 0.6) is 0 Å². The van der Waals surface area contributed by atoms with Crippen molar-refractivity contribution in [1.29, 1.82) is 0 Å². The molecule has 2 heterocycles. The van der Waals surface area contributed by atoms with Crippen molar-refractivity contribution < 1.29 is 18.3 Å². The Balaban J connectivity index is 2.20. The maximum absolute atomic E-state index is 12.2. The third kappa shape index (κ3) is 2.54. The van der Waals surface area contributed by atoms with Gasteiger partial charge in [0.1, 0.15) is 11.4 Å². The molecule has 1 atom stereocenters. The Kier molecular flexibility index (Phi) is 3.40. The fourth-order valence-electron chi connectivity index (χ4n) is 1.96. The quantitative estimate of drug-likeness (QED) is 0.833. The molecule has 1 aliphatic heterocycles. The third-order valence-electron chi connectivity index (χ3n) is 2.93. The van der Waals surface area contributed by atoms with E-state index in [2.05, 4.69) is 5.10 Å². The van der Waals surface area contributed by atoms with E-state index >= 15 is 0 Å². The van der Waals surface area contributed by atoms with Gasteiger partial charge in [-0.25, -0.2) is 8.42 Å². The molecule has 1 unspecified atom stereocenters. The SMILES string of the molecule is CC1CCN(S(=O)(=O)c2cnn(CC(=O)O)c2)C1. The Bertz CT molecular complexity index is 551. The number of carbonyl (C=O) groups is 1. The molecule has 1 fully saturated rings. The number of carboxylic acids is 1. The highest BCUT2D eigenvalue weighted by molar-refractivity contribution is 7.89. The Hall–Kier alpha value is -1.41. The first-order chi connectivity index (χ1) is 8.39. The molecule has 100 valence electrons. The number of aliphatic carboxylic acids is 1. The highest BCUT2D eigenvalue weighted by Crippen LogP contribution is 2.23. The topological polar surface area (TPSA) is 92.5 Å². The predicted molar refractivity (Wildman–Crippen MR) is 62.4 cm³/mol. The van der Waals surface area contributed by atoms with E-state index in [9.17, 15) is 13.2 Å². The van der Waals surface area contributed by atoms with Crippen molar-refractivity contribution in [3.05, 3.63) is 12.4 Å². The molecule has 0 aliphatic carbocycles. The van der Waals surface area contributed by atoms with Crippen molar-refractivity contribution in [1.82, 2.24) is 14.1 Å².